The lowest BCUT2D eigenvalue weighted by atomic mass is 10.3. The predicted molar refractivity (Wildman–Crippen MR) is 78.8 cm³/mol. The quantitative estimate of drug-likeness (QED) is 0.739. The van der Waals surface area contributed by atoms with Crippen LogP contribution in [0.1, 0.15) is 13.8 Å². The van der Waals surface area contributed by atoms with Crippen LogP contribution in [-0.2, 0) is 14.8 Å². The molecule has 6 nitrogen and oxygen atoms in total. The van der Waals surface area contributed by atoms with E-state index in [0.717, 1.165) is 0 Å². The van der Waals surface area contributed by atoms with Crippen LogP contribution in [0.4, 0.5) is 0 Å². The second kappa shape index (κ2) is 7.24. The number of carboxylic acids is 1. The number of carbonyl (C=O) groups is 1. The summed E-state index contributed by atoms with van der Waals surface area (Å²) in [5.41, 5.74) is 0. The smallest absolute Gasteiger partial charge is 0.341 e. The number of aliphatic carboxylic acids is 1. The Labute approximate surface area is 124 Å². The molecule has 1 aromatic rings. The van der Waals surface area contributed by atoms with Crippen LogP contribution in [0.15, 0.2) is 41.8 Å². The number of hydrogen-bond donors (Lipinski definition) is 1. The summed E-state index contributed by atoms with van der Waals surface area (Å²) in [6.45, 7) is 6.88. The van der Waals surface area contributed by atoms with Crippen LogP contribution < -0.4 is 4.74 Å². The molecule has 0 saturated carbocycles. The molecule has 1 rings (SSSR count). The molecule has 0 amide bonds. The van der Waals surface area contributed by atoms with E-state index in [1.807, 2.05) is 0 Å². The molecule has 0 aromatic heterocycles. The Morgan fingerprint density at radius 2 is 1.95 bits per heavy atom. The number of benzene rings is 1. The van der Waals surface area contributed by atoms with Gasteiger partial charge in [0.25, 0.3) is 0 Å². The van der Waals surface area contributed by atoms with Crippen molar-refractivity contribution in [3.63, 3.8) is 0 Å². The minimum atomic E-state index is -3.62. The maximum atomic E-state index is 12.5. The fourth-order valence-electron chi connectivity index (χ4n) is 1.70. The van der Waals surface area contributed by atoms with Crippen molar-refractivity contribution in [3.8, 4) is 5.75 Å². The fourth-order valence-corrected chi connectivity index (χ4v) is 3.31. The van der Waals surface area contributed by atoms with E-state index in [4.69, 9.17) is 9.84 Å². The summed E-state index contributed by atoms with van der Waals surface area (Å²) in [4.78, 5) is 10.5. The first kappa shape index (κ1) is 17.2. The summed E-state index contributed by atoms with van der Waals surface area (Å²) in [5, 5.41) is 8.51. The van der Waals surface area contributed by atoms with E-state index >= 15 is 0 Å². The van der Waals surface area contributed by atoms with Crippen molar-refractivity contribution in [1.82, 2.24) is 4.31 Å². The lowest BCUT2D eigenvalue weighted by Crippen LogP contribution is -2.36. The summed E-state index contributed by atoms with van der Waals surface area (Å²) < 4.78 is 31.3. The highest BCUT2D eigenvalue weighted by Crippen LogP contribution is 2.21. The lowest BCUT2D eigenvalue weighted by molar-refractivity contribution is -0.139. The highest BCUT2D eigenvalue weighted by molar-refractivity contribution is 7.89. The first-order chi connectivity index (χ1) is 9.78. The molecule has 1 aromatic carbocycles. The zero-order valence-electron chi connectivity index (χ0n) is 12.0. The van der Waals surface area contributed by atoms with E-state index in [2.05, 4.69) is 6.58 Å². The third-order valence-corrected chi connectivity index (χ3v) is 4.73. The molecule has 7 heteroatoms. The van der Waals surface area contributed by atoms with Crippen molar-refractivity contribution >= 4 is 16.0 Å². The van der Waals surface area contributed by atoms with Gasteiger partial charge in [-0.05, 0) is 38.1 Å². The van der Waals surface area contributed by atoms with Crippen LogP contribution in [0, 0.1) is 0 Å². The number of carboxylic acid groups (broad SMARTS) is 1. The summed E-state index contributed by atoms with van der Waals surface area (Å²) in [7, 11) is -3.62. The van der Waals surface area contributed by atoms with Gasteiger partial charge >= 0.3 is 5.97 Å². The Kier molecular flexibility index (Phi) is 5.92. The van der Waals surface area contributed by atoms with Gasteiger partial charge in [-0.25, -0.2) is 13.2 Å². The van der Waals surface area contributed by atoms with E-state index < -0.39 is 22.6 Å². The van der Waals surface area contributed by atoms with Crippen molar-refractivity contribution in [2.75, 3.05) is 13.2 Å². The number of ether oxygens (including phenoxy) is 1. The molecule has 0 atom stereocenters. The number of sulfonamides is 1. The van der Waals surface area contributed by atoms with Gasteiger partial charge in [-0.15, -0.1) is 6.58 Å². The van der Waals surface area contributed by atoms with Crippen LogP contribution in [0.5, 0.6) is 5.75 Å². The number of rotatable bonds is 8. The van der Waals surface area contributed by atoms with Crippen molar-refractivity contribution in [1.29, 1.82) is 0 Å². The van der Waals surface area contributed by atoms with Crippen molar-refractivity contribution in [2.45, 2.75) is 24.8 Å². The molecular formula is C14H19NO5S. The van der Waals surface area contributed by atoms with Crippen molar-refractivity contribution in [3.05, 3.63) is 36.9 Å². The number of nitrogens with zero attached hydrogens (tertiary/aromatic N) is 1. The monoisotopic (exact) mass is 313 g/mol. The topological polar surface area (TPSA) is 83.9 Å². The molecule has 0 aliphatic rings. The van der Waals surface area contributed by atoms with Gasteiger partial charge in [0.05, 0.1) is 4.90 Å². The maximum absolute atomic E-state index is 12.5. The molecule has 0 spiro atoms. The summed E-state index contributed by atoms with van der Waals surface area (Å²) in [5.74, 6) is -0.792. The van der Waals surface area contributed by atoms with E-state index in [1.165, 1.54) is 34.6 Å². The maximum Gasteiger partial charge on any atom is 0.341 e. The van der Waals surface area contributed by atoms with E-state index in [1.54, 1.807) is 13.8 Å². The van der Waals surface area contributed by atoms with Gasteiger partial charge in [0.2, 0.25) is 10.0 Å². The molecule has 0 unspecified atom stereocenters. The Hall–Kier alpha value is -1.86. The van der Waals surface area contributed by atoms with Gasteiger partial charge in [0, 0.05) is 12.6 Å². The molecule has 0 aliphatic heterocycles. The second-order valence-corrected chi connectivity index (χ2v) is 6.50. The Morgan fingerprint density at radius 1 is 1.38 bits per heavy atom. The van der Waals surface area contributed by atoms with Crippen molar-refractivity contribution in [2.24, 2.45) is 0 Å². The largest absolute Gasteiger partial charge is 0.482 e. The Balaban J connectivity index is 2.98. The molecule has 0 aliphatic carbocycles. The van der Waals surface area contributed by atoms with E-state index in [9.17, 15) is 13.2 Å². The van der Waals surface area contributed by atoms with Gasteiger partial charge < -0.3 is 9.84 Å². The minimum Gasteiger partial charge on any atom is -0.482 e. The van der Waals surface area contributed by atoms with Gasteiger partial charge in [-0.3, -0.25) is 0 Å². The third-order valence-electron chi connectivity index (χ3n) is 2.68. The minimum absolute atomic E-state index is 0.126. The highest BCUT2D eigenvalue weighted by atomic mass is 32.2. The lowest BCUT2D eigenvalue weighted by Gasteiger charge is -2.24. The zero-order valence-corrected chi connectivity index (χ0v) is 12.8. The zero-order chi connectivity index (χ0) is 16.0. The van der Waals surface area contributed by atoms with Gasteiger partial charge in [0.15, 0.2) is 6.61 Å². The number of hydrogen-bond acceptors (Lipinski definition) is 4. The molecular weight excluding hydrogens is 294 g/mol. The third kappa shape index (κ3) is 4.57. The average molecular weight is 313 g/mol. The molecule has 0 saturated heterocycles. The van der Waals surface area contributed by atoms with E-state index in [0.29, 0.717) is 5.75 Å². The van der Waals surface area contributed by atoms with Crippen LogP contribution >= 0.6 is 0 Å². The normalized spacial score (nSPS) is 11.6. The predicted octanol–water partition coefficient (Wildman–Crippen LogP) is 1.74. The van der Waals surface area contributed by atoms with Gasteiger partial charge in [-0.1, -0.05) is 6.08 Å². The fraction of sp³-hybridized carbons (Fsp3) is 0.357. The summed E-state index contributed by atoms with van der Waals surface area (Å²) in [6.07, 6.45) is 1.53. The molecule has 0 bridgehead atoms. The summed E-state index contributed by atoms with van der Waals surface area (Å²) in [6, 6.07) is 5.46. The SMILES string of the molecule is C=CCN(C(C)C)S(=O)(=O)c1ccc(OCC(=O)O)cc1. The first-order valence-corrected chi connectivity index (χ1v) is 7.80. The highest BCUT2D eigenvalue weighted by Gasteiger charge is 2.25. The van der Waals surface area contributed by atoms with Crippen LogP contribution in [0.2, 0.25) is 0 Å². The Bertz CT molecular complexity index is 592. The van der Waals surface area contributed by atoms with Gasteiger partial charge in [-0.2, -0.15) is 4.31 Å². The molecule has 0 heterocycles. The summed E-state index contributed by atoms with van der Waals surface area (Å²) >= 11 is 0. The molecule has 0 fully saturated rings. The Morgan fingerprint density at radius 3 is 2.38 bits per heavy atom. The van der Waals surface area contributed by atoms with Gasteiger partial charge in [0.1, 0.15) is 5.75 Å². The average Bonchev–Trinajstić information content (AvgIpc) is 2.42. The standard InChI is InChI=1S/C14H19NO5S/c1-4-9-15(11(2)3)21(18,19)13-7-5-12(6-8-13)20-10-14(16)17/h4-8,11H,1,9-10H2,2-3H3,(H,16,17). The molecule has 116 valence electrons. The van der Waals surface area contributed by atoms with Crippen LogP contribution in [0.3, 0.4) is 0 Å². The first-order valence-electron chi connectivity index (χ1n) is 6.36. The van der Waals surface area contributed by atoms with Crippen molar-refractivity contribution < 1.29 is 23.1 Å². The van der Waals surface area contributed by atoms with Crippen LogP contribution in [-0.4, -0.2) is 43.0 Å². The molecule has 0 radical (unpaired) electrons. The van der Waals surface area contributed by atoms with Crippen LogP contribution in [0.25, 0.3) is 0 Å². The second-order valence-electron chi connectivity index (χ2n) is 4.61. The molecule has 21 heavy (non-hydrogen) atoms. The molecule has 1 N–H and O–H groups in total. The van der Waals surface area contributed by atoms with E-state index in [-0.39, 0.29) is 17.5 Å².